The van der Waals surface area contributed by atoms with E-state index in [1.54, 1.807) is 0 Å². The van der Waals surface area contributed by atoms with E-state index >= 15 is 0 Å². The van der Waals surface area contributed by atoms with Crippen LogP contribution in [0.15, 0.2) is 18.3 Å². The minimum atomic E-state index is 0.225. The van der Waals surface area contributed by atoms with Gasteiger partial charge in [-0.15, -0.1) is 0 Å². The lowest BCUT2D eigenvalue weighted by Gasteiger charge is -2.25. The SMILES string of the molecule is Cc1c(C(=O)CCCOC2CCC2)ccc2nn(CC3CCC3)cc12. The fourth-order valence-corrected chi connectivity index (χ4v) is 3.77. The molecule has 2 aliphatic carbocycles. The Labute approximate surface area is 149 Å². The molecule has 0 N–H and O–H groups in total. The van der Waals surface area contributed by atoms with Gasteiger partial charge in [-0.25, -0.2) is 0 Å². The molecule has 1 aromatic heterocycles. The van der Waals surface area contributed by atoms with Gasteiger partial charge in [0, 0.05) is 36.7 Å². The zero-order chi connectivity index (χ0) is 17.2. The highest BCUT2D eigenvalue weighted by Crippen LogP contribution is 2.29. The number of hydrogen-bond acceptors (Lipinski definition) is 3. The first kappa shape index (κ1) is 16.8. The van der Waals surface area contributed by atoms with Crippen molar-refractivity contribution < 1.29 is 9.53 Å². The molecule has 0 atom stereocenters. The van der Waals surface area contributed by atoms with Crippen molar-refractivity contribution in [3.8, 4) is 0 Å². The van der Waals surface area contributed by atoms with E-state index in [0.717, 1.165) is 40.9 Å². The molecule has 2 fully saturated rings. The van der Waals surface area contributed by atoms with Crippen LogP contribution in [0.2, 0.25) is 0 Å². The lowest BCUT2D eigenvalue weighted by atomic mass is 9.85. The number of fused-ring (bicyclic) bond motifs is 1. The number of aromatic nitrogens is 2. The van der Waals surface area contributed by atoms with Crippen molar-refractivity contribution in [2.24, 2.45) is 5.92 Å². The molecule has 25 heavy (non-hydrogen) atoms. The van der Waals surface area contributed by atoms with Gasteiger partial charge in [-0.05, 0) is 69.1 Å². The standard InChI is InChI=1S/C21H28N2O2/c1-15-18(21(24)9-4-12-25-17-7-3-8-17)10-11-20-19(15)14-23(22-20)13-16-5-2-6-16/h10-11,14,16-17H,2-9,12-13H2,1H3. The molecule has 4 heteroatoms. The van der Waals surface area contributed by atoms with Crippen LogP contribution in [0.3, 0.4) is 0 Å². The van der Waals surface area contributed by atoms with Crippen molar-refractivity contribution in [2.75, 3.05) is 6.61 Å². The first-order chi connectivity index (χ1) is 12.2. The molecule has 2 saturated carbocycles. The van der Waals surface area contributed by atoms with Crippen molar-refractivity contribution >= 4 is 16.7 Å². The summed E-state index contributed by atoms with van der Waals surface area (Å²) in [5.41, 5.74) is 2.92. The minimum absolute atomic E-state index is 0.225. The van der Waals surface area contributed by atoms with Crippen LogP contribution in [-0.2, 0) is 11.3 Å². The lowest BCUT2D eigenvalue weighted by molar-refractivity contribution is 0.00103. The fraction of sp³-hybridized carbons (Fsp3) is 0.619. The second-order valence-electron chi connectivity index (χ2n) is 7.77. The monoisotopic (exact) mass is 340 g/mol. The summed E-state index contributed by atoms with van der Waals surface area (Å²) in [7, 11) is 0. The highest BCUT2D eigenvalue weighted by atomic mass is 16.5. The Kier molecular flexibility index (Phi) is 4.89. The van der Waals surface area contributed by atoms with Gasteiger partial charge in [-0.3, -0.25) is 9.48 Å². The second-order valence-corrected chi connectivity index (χ2v) is 7.77. The number of carbonyl (C=O) groups is 1. The number of aryl methyl sites for hydroxylation is 1. The summed E-state index contributed by atoms with van der Waals surface area (Å²) in [4.78, 5) is 12.6. The molecule has 0 radical (unpaired) electrons. The number of benzene rings is 1. The van der Waals surface area contributed by atoms with E-state index < -0.39 is 0 Å². The van der Waals surface area contributed by atoms with E-state index in [0.29, 0.717) is 19.1 Å². The molecule has 0 bridgehead atoms. The van der Waals surface area contributed by atoms with Crippen LogP contribution >= 0.6 is 0 Å². The third kappa shape index (κ3) is 3.64. The van der Waals surface area contributed by atoms with Crippen molar-refractivity contribution in [3.63, 3.8) is 0 Å². The van der Waals surface area contributed by atoms with Crippen molar-refractivity contribution in [3.05, 3.63) is 29.5 Å². The minimum Gasteiger partial charge on any atom is -0.378 e. The first-order valence-electron chi connectivity index (χ1n) is 9.82. The summed E-state index contributed by atoms with van der Waals surface area (Å²) in [6.07, 6.45) is 11.6. The average molecular weight is 340 g/mol. The Morgan fingerprint density at radius 1 is 1.24 bits per heavy atom. The molecule has 0 saturated heterocycles. The third-order valence-electron chi connectivity index (χ3n) is 5.93. The molecule has 4 rings (SSSR count). The van der Waals surface area contributed by atoms with Gasteiger partial charge in [0.1, 0.15) is 0 Å². The van der Waals surface area contributed by atoms with Crippen LogP contribution in [-0.4, -0.2) is 28.3 Å². The summed E-state index contributed by atoms with van der Waals surface area (Å²) in [6.45, 7) is 3.77. The predicted molar refractivity (Wildman–Crippen MR) is 99.0 cm³/mol. The van der Waals surface area contributed by atoms with Crippen LogP contribution in [0.5, 0.6) is 0 Å². The predicted octanol–water partition coefficient (Wildman–Crippen LogP) is 4.68. The van der Waals surface area contributed by atoms with Crippen LogP contribution < -0.4 is 0 Å². The van der Waals surface area contributed by atoms with Gasteiger partial charge >= 0.3 is 0 Å². The average Bonchev–Trinajstić information content (AvgIpc) is 2.93. The molecule has 2 aliphatic rings. The molecule has 0 unspecified atom stereocenters. The Morgan fingerprint density at radius 2 is 2.04 bits per heavy atom. The van der Waals surface area contributed by atoms with E-state index in [1.807, 2.05) is 12.1 Å². The number of Topliss-reactive ketones (excluding diaryl/α,β-unsaturated/α-hetero) is 1. The molecule has 4 nitrogen and oxygen atoms in total. The molecule has 134 valence electrons. The van der Waals surface area contributed by atoms with Gasteiger partial charge in [-0.1, -0.05) is 6.42 Å². The third-order valence-corrected chi connectivity index (χ3v) is 5.93. The van der Waals surface area contributed by atoms with Gasteiger partial charge in [0.2, 0.25) is 0 Å². The fourth-order valence-electron chi connectivity index (χ4n) is 3.77. The Bertz CT molecular complexity index is 757. The van der Waals surface area contributed by atoms with Crippen molar-refractivity contribution in [2.45, 2.75) is 70.9 Å². The number of ether oxygens (including phenoxy) is 1. The highest BCUT2D eigenvalue weighted by molar-refractivity contribution is 6.01. The largest absolute Gasteiger partial charge is 0.378 e. The van der Waals surface area contributed by atoms with Gasteiger partial charge in [0.25, 0.3) is 0 Å². The Morgan fingerprint density at radius 3 is 2.72 bits per heavy atom. The summed E-state index contributed by atoms with van der Waals surface area (Å²) >= 11 is 0. The zero-order valence-corrected chi connectivity index (χ0v) is 15.2. The number of carbonyl (C=O) groups excluding carboxylic acids is 1. The zero-order valence-electron chi connectivity index (χ0n) is 15.2. The maximum Gasteiger partial charge on any atom is 0.163 e. The molecular weight excluding hydrogens is 312 g/mol. The van der Waals surface area contributed by atoms with E-state index in [2.05, 4.69) is 17.8 Å². The van der Waals surface area contributed by atoms with Crippen LogP contribution in [0.4, 0.5) is 0 Å². The Hall–Kier alpha value is -1.68. The van der Waals surface area contributed by atoms with Crippen molar-refractivity contribution in [1.29, 1.82) is 0 Å². The highest BCUT2D eigenvalue weighted by Gasteiger charge is 2.20. The smallest absolute Gasteiger partial charge is 0.163 e. The van der Waals surface area contributed by atoms with Gasteiger partial charge in [0.05, 0.1) is 11.6 Å². The maximum atomic E-state index is 12.6. The topological polar surface area (TPSA) is 44.1 Å². The van der Waals surface area contributed by atoms with Crippen molar-refractivity contribution in [1.82, 2.24) is 9.78 Å². The molecule has 1 heterocycles. The molecular formula is C21H28N2O2. The second kappa shape index (κ2) is 7.28. The van der Waals surface area contributed by atoms with Crippen LogP contribution in [0.25, 0.3) is 10.9 Å². The molecule has 0 aliphatic heterocycles. The van der Waals surface area contributed by atoms with Crippen LogP contribution in [0, 0.1) is 12.8 Å². The Balaban J connectivity index is 1.39. The van der Waals surface area contributed by atoms with Crippen LogP contribution in [0.1, 0.15) is 67.3 Å². The molecule has 0 amide bonds. The summed E-state index contributed by atoms with van der Waals surface area (Å²) in [5.74, 6) is 1.01. The first-order valence-corrected chi connectivity index (χ1v) is 9.82. The maximum absolute atomic E-state index is 12.6. The van der Waals surface area contributed by atoms with Gasteiger partial charge < -0.3 is 4.74 Å². The summed E-state index contributed by atoms with van der Waals surface area (Å²) < 4.78 is 7.83. The lowest BCUT2D eigenvalue weighted by Crippen LogP contribution is -2.22. The quantitative estimate of drug-likeness (QED) is 0.518. The van der Waals surface area contributed by atoms with E-state index in [1.165, 1.54) is 38.5 Å². The number of ketones is 1. The molecule has 0 spiro atoms. The molecule has 1 aromatic carbocycles. The summed E-state index contributed by atoms with van der Waals surface area (Å²) in [6, 6.07) is 3.95. The summed E-state index contributed by atoms with van der Waals surface area (Å²) in [5, 5.41) is 5.81. The van der Waals surface area contributed by atoms with E-state index in [-0.39, 0.29) is 5.78 Å². The normalized spacial score (nSPS) is 18.3. The number of nitrogens with zero attached hydrogens (tertiary/aromatic N) is 2. The number of rotatable bonds is 8. The molecule has 2 aromatic rings. The van der Waals surface area contributed by atoms with E-state index in [4.69, 9.17) is 9.84 Å². The number of hydrogen-bond donors (Lipinski definition) is 0. The van der Waals surface area contributed by atoms with Gasteiger partial charge in [0.15, 0.2) is 5.78 Å². The van der Waals surface area contributed by atoms with Gasteiger partial charge in [-0.2, -0.15) is 5.10 Å². The van der Waals surface area contributed by atoms with E-state index in [9.17, 15) is 4.79 Å².